The van der Waals surface area contributed by atoms with Crippen LogP contribution in [0.2, 0.25) is 0 Å². The third-order valence-corrected chi connectivity index (χ3v) is 4.36. The minimum absolute atomic E-state index is 0.807. The van der Waals surface area contributed by atoms with Crippen LogP contribution in [0.1, 0.15) is 16.8 Å². The molecule has 0 saturated carbocycles. The molecule has 1 aliphatic heterocycles. The van der Waals surface area contributed by atoms with Gasteiger partial charge in [0, 0.05) is 32.0 Å². The number of hydrogen-bond acceptors (Lipinski definition) is 4. The number of likely N-dealkylation sites (N-methyl/N-ethyl adjacent to an activating group) is 1. The van der Waals surface area contributed by atoms with Crippen LogP contribution in [0.25, 0.3) is 0 Å². The summed E-state index contributed by atoms with van der Waals surface area (Å²) in [7, 11) is 2.14. The molecule has 1 aromatic heterocycles. The molecule has 2 N–H and O–H groups in total. The van der Waals surface area contributed by atoms with Crippen LogP contribution in [0.4, 0.5) is 17.1 Å². The number of aromatic nitrogens is 1. The number of anilines is 3. The molecule has 0 amide bonds. The highest BCUT2D eigenvalue weighted by Gasteiger charge is 2.21. The molecular weight excluding hydrogens is 260 g/mol. The predicted molar refractivity (Wildman–Crippen MR) is 88.9 cm³/mol. The average molecular weight is 282 g/mol. The van der Waals surface area contributed by atoms with Gasteiger partial charge in [0.05, 0.1) is 23.6 Å². The molecule has 2 heterocycles. The second kappa shape index (κ2) is 5.28. The van der Waals surface area contributed by atoms with Crippen LogP contribution >= 0.6 is 0 Å². The highest BCUT2D eigenvalue weighted by atomic mass is 15.3. The van der Waals surface area contributed by atoms with Crippen molar-refractivity contribution in [1.82, 2.24) is 4.98 Å². The van der Waals surface area contributed by atoms with Gasteiger partial charge in [-0.2, -0.15) is 0 Å². The minimum atomic E-state index is 0.807. The highest BCUT2D eigenvalue weighted by Crippen LogP contribution is 2.33. The highest BCUT2D eigenvalue weighted by molar-refractivity contribution is 5.73. The van der Waals surface area contributed by atoms with Crippen molar-refractivity contribution < 1.29 is 0 Å². The number of rotatable bonds is 2. The number of para-hydroxylation sites is 2. The van der Waals surface area contributed by atoms with Crippen molar-refractivity contribution in [2.45, 2.75) is 20.4 Å². The van der Waals surface area contributed by atoms with Gasteiger partial charge in [0.25, 0.3) is 0 Å². The molecular formula is C17H22N4. The van der Waals surface area contributed by atoms with Crippen LogP contribution in [-0.4, -0.2) is 25.1 Å². The van der Waals surface area contributed by atoms with Gasteiger partial charge in [0.2, 0.25) is 0 Å². The first-order chi connectivity index (χ1) is 10.1. The fourth-order valence-electron chi connectivity index (χ4n) is 2.86. The molecule has 0 fully saturated rings. The quantitative estimate of drug-likeness (QED) is 0.920. The first-order valence-corrected chi connectivity index (χ1v) is 7.33. The van der Waals surface area contributed by atoms with Crippen LogP contribution < -0.4 is 15.5 Å². The molecule has 0 bridgehead atoms. The van der Waals surface area contributed by atoms with Gasteiger partial charge >= 0.3 is 0 Å². The van der Waals surface area contributed by atoms with E-state index in [1.165, 1.54) is 11.4 Å². The molecule has 4 nitrogen and oxygen atoms in total. The third-order valence-electron chi connectivity index (χ3n) is 4.36. The monoisotopic (exact) mass is 282 g/mol. The summed E-state index contributed by atoms with van der Waals surface area (Å²) in [6.45, 7) is 6.90. The van der Waals surface area contributed by atoms with Crippen molar-refractivity contribution in [1.29, 1.82) is 0 Å². The van der Waals surface area contributed by atoms with E-state index in [9.17, 15) is 0 Å². The van der Waals surface area contributed by atoms with Crippen LogP contribution in [0.3, 0.4) is 0 Å². The Morgan fingerprint density at radius 1 is 1.14 bits per heavy atom. The van der Waals surface area contributed by atoms with E-state index in [-0.39, 0.29) is 0 Å². The van der Waals surface area contributed by atoms with Crippen molar-refractivity contribution in [2.75, 3.05) is 35.7 Å². The maximum absolute atomic E-state index is 6.14. The molecule has 3 rings (SSSR count). The van der Waals surface area contributed by atoms with Crippen LogP contribution in [0, 0.1) is 13.8 Å². The second-order valence-corrected chi connectivity index (χ2v) is 5.76. The molecule has 1 aromatic carbocycles. The summed E-state index contributed by atoms with van der Waals surface area (Å²) in [6, 6.07) is 8.53. The van der Waals surface area contributed by atoms with E-state index in [1.54, 1.807) is 0 Å². The number of hydrogen-bond donors (Lipinski definition) is 1. The maximum Gasteiger partial charge on any atom is 0.0646 e. The number of aryl methyl sites for hydroxylation is 1. The van der Waals surface area contributed by atoms with Gasteiger partial charge in [0.15, 0.2) is 0 Å². The van der Waals surface area contributed by atoms with E-state index >= 15 is 0 Å². The Bertz CT molecular complexity index is 666. The molecule has 0 spiro atoms. The first-order valence-electron chi connectivity index (χ1n) is 7.33. The number of pyridine rings is 1. The Hall–Kier alpha value is -2.23. The van der Waals surface area contributed by atoms with Crippen molar-refractivity contribution in [3.63, 3.8) is 0 Å². The van der Waals surface area contributed by atoms with E-state index < -0.39 is 0 Å². The predicted octanol–water partition coefficient (Wildman–Crippen LogP) is 2.74. The molecule has 0 radical (unpaired) electrons. The smallest absolute Gasteiger partial charge is 0.0646 e. The lowest BCUT2D eigenvalue weighted by molar-refractivity contribution is 0.722. The summed E-state index contributed by atoms with van der Waals surface area (Å²) in [5.41, 5.74) is 12.8. The molecule has 0 aliphatic carbocycles. The molecule has 0 atom stereocenters. The SMILES string of the molecule is Cc1cnc(CN2CCN(C)c3ccccc32)c(C)c1N. The van der Waals surface area contributed by atoms with E-state index in [4.69, 9.17) is 5.73 Å². The zero-order valence-corrected chi connectivity index (χ0v) is 12.9. The third kappa shape index (κ3) is 2.42. The number of nitrogens with two attached hydrogens (primary N) is 1. The van der Waals surface area contributed by atoms with Gasteiger partial charge in [-0.25, -0.2) is 0 Å². The minimum Gasteiger partial charge on any atom is -0.398 e. The van der Waals surface area contributed by atoms with Crippen LogP contribution in [0.15, 0.2) is 30.5 Å². The number of benzene rings is 1. The second-order valence-electron chi connectivity index (χ2n) is 5.76. The van der Waals surface area contributed by atoms with E-state index in [0.717, 1.165) is 42.1 Å². The lowest BCUT2D eigenvalue weighted by atomic mass is 10.1. The molecule has 2 aromatic rings. The molecule has 110 valence electrons. The fraction of sp³-hybridized carbons (Fsp3) is 0.353. The van der Waals surface area contributed by atoms with Gasteiger partial charge < -0.3 is 15.5 Å². The summed E-state index contributed by atoms with van der Waals surface area (Å²) in [5, 5.41) is 0. The Kier molecular flexibility index (Phi) is 3.45. The van der Waals surface area contributed by atoms with Gasteiger partial charge in [0.1, 0.15) is 0 Å². The standard InChI is InChI=1S/C17H22N4/c1-12-10-19-14(13(2)17(12)18)11-21-9-8-20(3)15-6-4-5-7-16(15)21/h4-7,10H,8-9,11H2,1-3H3,(H2,18,19). The van der Waals surface area contributed by atoms with E-state index in [0.29, 0.717) is 0 Å². The molecule has 0 unspecified atom stereocenters. The van der Waals surface area contributed by atoms with Crippen molar-refractivity contribution in [2.24, 2.45) is 0 Å². The van der Waals surface area contributed by atoms with Crippen molar-refractivity contribution in [3.05, 3.63) is 47.3 Å². The zero-order valence-electron chi connectivity index (χ0n) is 12.9. The summed E-state index contributed by atoms with van der Waals surface area (Å²) in [5.74, 6) is 0. The Labute approximate surface area is 126 Å². The van der Waals surface area contributed by atoms with Gasteiger partial charge in [-0.1, -0.05) is 12.1 Å². The van der Waals surface area contributed by atoms with Crippen molar-refractivity contribution in [3.8, 4) is 0 Å². The molecule has 0 saturated heterocycles. The Balaban J connectivity index is 1.93. The Morgan fingerprint density at radius 3 is 2.62 bits per heavy atom. The number of nitrogens with zero attached hydrogens (tertiary/aromatic N) is 3. The lowest BCUT2D eigenvalue weighted by Gasteiger charge is -2.37. The summed E-state index contributed by atoms with van der Waals surface area (Å²) < 4.78 is 0. The summed E-state index contributed by atoms with van der Waals surface area (Å²) in [4.78, 5) is 9.28. The van der Waals surface area contributed by atoms with Crippen LogP contribution in [0.5, 0.6) is 0 Å². The molecule has 21 heavy (non-hydrogen) atoms. The zero-order chi connectivity index (χ0) is 15.0. The number of nitrogen functional groups attached to an aromatic ring is 1. The largest absolute Gasteiger partial charge is 0.398 e. The summed E-state index contributed by atoms with van der Waals surface area (Å²) in [6.07, 6.45) is 1.87. The van der Waals surface area contributed by atoms with E-state index in [2.05, 4.69) is 53.0 Å². The number of fused-ring (bicyclic) bond motifs is 1. The lowest BCUT2D eigenvalue weighted by Crippen LogP contribution is -2.39. The average Bonchev–Trinajstić information content (AvgIpc) is 2.50. The van der Waals surface area contributed by atoms with Gasteiger partial charge in [-0.05, 0) is 37.1 Å². The molecule has 1 aliphatic rings. The normalized spacial score (nSPS) is 14.2. The first kappa shape index (κ1) is 13.7. The Morgan fingerprint density at radius 2 is 1.86 bits per heavy atom. The van der Waals surface area contributed by atoms with Crippen molar-refractivity contribution >= 4 is 17.1 Å². The van der Waals surface area contributed by atoms with E-state index in [1.807, 2.05) is 13.1 Å². The van der Waals surface area contributed by atoms with Gasteiger partial charge in [-0.15, -0.1) is 0 Å². The molecule has 4 heteroatoms. The van der Waals surface area contributed by atoms with Crippen LogP contribution in [-0.2, 0) is 6.54 Å². The topological polar surface area (TPSA) is 45.4 Å². The fourth-order valence-corrected chi connectivity index (χ4v) is 2.86. The summed E-state index contributed by atoms with van der Waals surface area (Å²) >= 11 is 0. The maximum atomic E-state index is 6.14. The van der Waals surface area contributed by atoms with Gasteiger partial charge in [-0.3, -0.25) is 4.98 Å².